The average molecular weight is 426 g/mol. The zero-order chi connectivity index (χ0) is 22.1. The van der Waals surface area contributed by atoms with Crippen LogP contribution in [0.2, 0.25) is 0 Å². The lowest BCUT2D eigenvalue weighted by Crippen LogP contribution is -2.14. The Morgan fingerprint density at radius 3 is 2.71 bits per heavy atom. The fourth-order valence-electron chi connectivity index (χ4n) is 2.27. The van der Waals surface area contributed by atoms with Gasteiger partial charge in [0.1, 0.15) is 11.5 Å². The molecule has 3 aromatic rings. The summed E-state index contributed by atoms with van der Waals surface area (Å²) < 4.78 is 10.1. The summed E-state index contributed by atoms with van der Waals surface area (Å²) in [5.41, 5.74) is 9.06. The van der Waals surface area contributed by atoms with E-state index in [0.717, 1.165) is 5.56 Å². The molecule has 0 unspecified atom stereocenters. The molecule has 0 atom stereocenters. The van der Waals surface area contributed by atoms with E-state index in [4.69, 9.17) is 14.9 Å². The molecule has 0 spiro atoms. The molecule has 31 heavy (non-hydrogen) atoms. The number of nitro groups is 1. The minimum Gasteiger partial charge on any atom is -0.461 e. The third-order valence-corrected chi connectivity index (χ3v) is 3.66. The fraction of sp³-hybridized carbons (Fsp3) is 0.167. The molecule has 0 amide bonds. The molecule has 3 rings (SSSR count). The molecule has 0 bridgehead atoms. The predicted molar refractivity (Wildman–Crippen MR) is 110 cm³/mol. The van der Waals surface area contributed by atoms with Gasteiger partial charge in [0.25, 0.3) is 0 Å². The highest BCUT2D eigenvalue weighted by Crippen LogP contribution is 2.14. The largest absolute Gasteiger partial charge is 0.461 e. The van der Waals surface area contributed by atoms with Crippen molar-refractivity contribution in [3.63, 3.8) is 0 Å². The number of esters is 1. The van der Waals surface area contributed by atoms with E-state index in [9.17, 15) is 14.9 Å². The molecular formula is C18H18N8O5. The van der Waals surface area contributed by atoms with Gasteiger partial charge in [0, 0.05) is 6.54 Å². The van der Waals surface area contributed by atoms with E-state index in [0.29, 0.717) is 0 Å². The average Bonchev–Trinajstić information content (AvgIpc) is 3.22. The van der Waals surface area contributed by atoms with E-state index < -0.39 is 10.8 Å². The van der Waals surface area contributed by atoms with Crippen LogP contribution in [0.4, 0.5) is 23.7 Å². The molecule has 13 nitrogen and oxygen atoms in total. The van der Waals surface area contributed by atoms with Gasteiger partial charge < -0.3 is 20.2 Å². The van der Waals surface area contributed by atoms with E-state index in [1.54, 1.807) is 0 Å². The summed E-state index contributed by atoms with van der Waals surface area (Å²) in [6.45, 7) is 0.416. The van der Waals surface area contributed by atoms with Crippen molar-refractivity contribution in [1.82, 2.24) is 15.0 Å². The van der Waals surface area contributed by atoms with Gasteiger partial charge in [-0.15, -0.1) is 0 Å². The molecule has 0 aliphatic heterocycles. The molecule has 0 fully saturated rings. The van der Waals surface area contributed by atoms with E-state index in [1.165, 1.54) is 18.3 Å². The number of benzene rings is 1. The van der Waals surface area contributed by atoms with Crippen molar-refractivity contribution >= 4 is 35.9 Å². The molecule has 160 valence electrons. The number of nitrogens with two attached hydrogens (primary N) is 1. The second kappa shape index (κ2) is 10.3. The Bertz CT molecular complexity index is 1070. The number of nitrogens with zero attached hydrogens (tertiary/aromatic N) is 5. The summed E-state index contributed by atoms with van der Waals surface area (Å²) in [5.74, 6) is -0.536. The first-order valence-electron chi connectivity index (χ1n) is 8.98. The molecule has 4 N–H and O–H groups in total. The molecule has 2 heterocycles. The van der Waals surface area contributed by atoms with Gasteiger partial charge in [0.2, 0.25) is 17.8 Å². The maximum absolute atomic E-state index is 11.8. The maximum Gasteiger partial charge on any atom is 0.433 e. The molecule has 0 aliphatic rings. The second-order valence-electron chi connectivity index (χ2n) is 5.97. The summed E-state index contributed by atoms with van der Waals surface area (Å²) in [6, 6.07) is 11.9. The number of hydrogen-bond donors (Lipinski definition) is 3. The zero-order valence-electron chi connectivity index (χ0n) is 16.1. The van der Waals surface area contributed by atoms with Crippen molar-refractivity contribution in [1.29, 1.82) is 0 Å². The summed E-state index contributed by atoms with van der Waals surface area (Å²) in [7, 11) is 0. The second-order valence-corrected chi connectivity index (χ2v) is 5.97. The van der Waals surface area contributed by atoms with Crippen molar-refractivity contribution < 1.29 is 18.9 Å². The predicted octanol–water partition coefficient (Wildman–Crippen LogP) is 1.95. The number of ether oxygens (including phenoxy) is 1. The van der Waals surface area contributed by atoms with Crippen LogP contribution in [0.15, 0.2) is 52.0 Å². The van der Waals surface area contributed by atoms with Crippen molar-refractivity contribution in [2.45, 2.75) is 13.0 Å². The Kier molecular flexibility index (Phi) is 7.03. The zero-order valence-corrected chi connectivity index (χ0v) is 16.1. The number of nitrogens with one attached hydrogen (secondary N) is 2. The first kappa shape index (κ1) is 21.2. The van der Waals surface area contributed by atoms with Crippen LogP contribution in [-0.4, -0.2) is 38.6 Å². The molecule has 0 aliphatic carbocycles. The first-order valence-corrected chi connectivity index (χ1v) is 8.98. The van der Waals surface area contributed by atoms with Gasteiger partial charge in [-0.3, -0.25) is 14.9 Å². The number of hydrogen-bond acceptors (Lipinski definition) is 12. The van der Waals surface area contributed by atoms with Gasteiger partial charge in [-0.25, -0.2) is 5.43 Å². The summed E-state index contributed by atoms with van der Waals surface area (Å²) in [5, 5.41) is 17.3. The van der Waals surface area contributed by atoms with Crippen LogP contribution in [0.3, 0.4) is 0 Å². The van der Waals surface area contributed by atoms with Crippen molar-refractivity contribution in [3.8, 4) is 0 Å². The van der Waals surface area contributed by atoms with Gasteiger partial charge in [0.05, 0.1) is 18.7 Å². The van der Waals surface area contributed by atoms with Crippen LogP contribution < -0.4 is 16.5 Å². The normalized spacial score (nSPS) is 10.7. The van der Waals surface area contributed by atoms with Gasteiger partial charge >= 0.3 is 11.9 Å². The number of furan rings is 1. The third kappa shape index (κ3) is 6.77. The lowest BCUT2D eigenvalue weighted by atomic mass is 10.2. The smallest absolute Gasteiger partial charge is 0.433 e. The maximum atomic E-state index is 11.8. The Balaban J connectivity index is 1.46. The first-order chi connectivity index (χ1) is 15.0. The highest BCUT2D eigenvalue weighted by atomic mass is 16.6. The van der Waals surface area contributed by atoms with Gasteiger partial charge in [-0.2, -0.15) is 20.1 Å². The number of rotatable bonds is 10. The monoisotopic (exact) mass is 426 g/mol. The molecule has 0 saturated heterocycles. The number of aromatic nitrogens is 3. The fourth-order valence-corrected chi connectivity index (χ4v) is 2.27. The van der Waals surface area contributed by atoms with Crippen molar-refractivity contribution in [3.05, 3.63) is 63.9 Å². The van der Waals surface area contributed by atoms with Crippen molar-refractivity contribution in [2.75, 3.05) is 23.0 Å². The molecule has 13 heteroatoms. The quantitative estimate of drug-likeness (QED) is 0.186. The van der Waals surface area contributed by atoms with E-state index in [2.05, 4.69) is 30.8 Å². The van der Waals surface area contributed by atoms with E-state index >= 15 is 0 Å². The number of hydrazone groups is 1. The molecule has 0 saturated carbocycles. The van der Waals surface area contributed by atoms with Gasteiger partial charge in [-0.1, -0.05) is 30.3 Å². The SMILES string of the molecule is Nc1nc(NCCC(=O)OCc2ccccc2)nc(N/N=C/c2ccc([N+](=O)[O-])o2)n1. The number of anilines is 3. The summed E-state index contributed by atoms with van der Waals surface area (Å²) in [6.07, 6.45) is 1.30. The molecule has 0 radical (unpaired) electrons. The minimum atomic E-state index is -0.660. The van der Waals surface area contributed by atoms with Gasteiger partial charge in [0.15, 0.2) is 5.76 Å². The van der Waals surface area contributed by atoms with Crippen LogP contribution in [0.5, 0.6) is 0 Å². The molecule has 2 aromatic heterocycles. The summed E-state index contributed by atoms with van der Waals surface area (Å²) in [4.78, 5) is 33.6. The van der Waals surface area contributed by atoms with Crippen LogP contribution in [0.1, 0.15) is 17.7 Å². The van der Waals surface area contributed by atoms with E-state index in [-0.39, 0.29) is 49.1 Å². The Morgan fingerprint density at radius 2 is 1.97 bits per heavy atom. The molecular weight excluding hydrogens is 408 g/mol. The topological polar surface area (TPSA) is 184 Å². The van der Waals surface area contributed by atoms with Crippen LogP contribution >= 0.6 is 0 Å². The van der Waals surface area contributed by atoms with Crippen LogP contribution in [-0.2, 0) is 16.1 Å². The number of nitrogen functional groups attached to an aromatic ring is 1. The lowest BCUT2D eigenvalue weighted by Gasteiger charge is -2.07. The third-order valence-electron chi connectivity index (χ3n) is 3.66. The van der Waals surface area contributed by atoms with Crippen LogP contribution in [0.25, 0.3) is 0 Å². The highest BCUT2D eigenvalue weighted by molar-refractivity contribution is 5.76. The van der Waals surface area contributed by atoms with Crippen LogP contribution in [0, 0.1) is 10.1 Å². The Hall–Kier alpha value is -4.55. The Labute approximate surface area is 175 Å². The summed E-state index contributed by atoms with van der Waals surface area (Å²) >= 11 is 0. The Morgan fingerprint density at radius 1 is 1.19 bits per heavy atom. The highest BCUT2D eigenvalue weighted by Gasteiger charge is 2.10. The number of carbonyl (C=O) groups excluding carboxylic acids is 1. The standard InChI is InChI=1S/C18H18N8O5/c19-16-22-17(20-9-8-15(27)30-11-12-4-2-1-3-5-12)24-18(23-16)25-21-10-13-6-7-14(31-13)26(28)29/h1-7,10H,8-9,11H2,(H4,19,20,22,23,24,25)/b21-10+. The van der Waals surface area contributed by atoms with E-state index in [1.807, 2.05) is 30.3 Å². The van der Waals surface area contributed by atoms with Crippen molar-refractivity contribution in [2.24, 2.45) is 5.10 Å². The lowest BCUT2D eigenvalue weighted by molar-refractivity contribution is -0.402. The molecule has 1 aromatic carbocycles. The number of carbonyl (C=O) groups is 1. The van der Waals surface area contributed by atoms with Gasteiger partial charge in [-0.05, 0) is 11.6 Å². The minimum absolute atomic E-state index is 0.0268.